The minimum Gasteiger partial charge on any atom is -0.380 e. The van der Waals surface area contributed by atoms with Gasteiger partial charge in [0.2, 0.25) is 0 Å². The van der Waals surface area contributed by atoms with Crippen LogP contribution in [0.1, 0.15) is 32.1 Å². The number of alkyl halides is 1. The Bertz CT molecular complexity index is 151. The van der Waals surface area contributed by atoms with Gasteiger partial charge in [-0.1, -0.05) is 22.4 Å². The lowest BCUT2D eigenvalue weighted by Gasteiger charge is -2.16. The first kappa shape index (κ1) is 13.5. The molecule has 0 aromatic heterocycles. The largest absolute Gasteiger partial charge is 0.380 e. The molecule has 0 aliphatic heterocycles. The van der Waals surface area contributed by atoms with Crippen molar-refractivity contribution in [3.05, 3.63) is 0 Å². The monoisotopic (exact) mass is 277 g/mol. The van der Waals surface area contributed by atoms with Crippen LogP contribution in [-0.2, 0) is 4.74 Å². The minimum absolute atomic E-state index is 0.897. The molecule has 1 aliphatic carbocycles. The summed E-state index contributed by atoms with van der Waals surface area (Å²) in [6.45, 7) is 4.20. The van der Waals surface area contributed by atoms with E-state index in [2.05, 4.69) is 27.9 Å². The van der Waals surface area contributed by atoms with Gasteiger partial charge in [0.25, 0.3) is 0 Å². The molecule has 0 aromatic carbocycles. The molecular formula is C12H24BrNO. The Morgan fingerprint density at radius 1 is 1.20 bits per heavy atom. The molecule has 0 heterocycles. The van der Waals surface area contributed by atoms with E-state index in [0.29, 0.717) is 0 Å². The molecule has 0 bridgehead atoms. The molecule has 1 saturated carbocycles. The quantitative estimate of drug-likeness (QED) is 0.450. The summed E-state index contributed by atoms with van der Waals surface area (Å²) < 4.78 is 5.61. The SMILES string of the molecule is CN(CCCCCBr)CCOCC1CC1. The van der Waals surface area contributed by atoms with Crippen LogP contribution in [0, 0.1) is 5.92 Å². The fourth-order valence-corrected chi connectivity index (χ4v) is 1.92. The van der Waals surface area contributed by atoms with Crippen LogP contribution in [0.2, 0.25) is 0 Å². The maximum atomic E-state index is 5.61. The maximum absolute atomic E-state index is 5.61. The first-order valence-corrected chi connectivity index (χ1v) is 7.27. The molecular weight excluding hydrogens is 254 g/mol. The number of hydrogen-bond donors (Lipinski definition) is 0. The highest BCUT2D eigenvalue weighted by Gasteiger charge is 2.20. The molecule has 0 amide bonds. The summed E-state index contributed by atoms with van der Waals surface area (Å²) in [7, 11) is 2.19. The van der Waals surface area contributed by atoms with Crippen LogP contribution >= 0.6 is 15.9 Å². The van der Waals surface area contributed by atoms with Crippen LogP contribution in [0.3, 0.4) is 0 Å². The zero-order valence-electron chi connectivity index (χ0n) is 9.88. The number of nitrogens with zero attached hydrogens (tertiary/aromatic N) is 1. The van der Waals surface area contributed by atoms with Crippen molar-refractivity contribution in [1.29, 1.82) is 0 Å². The summed E-state index contributed by atoms with van der Waals surface area (Å²) >= 11 is 3.45. The molecule has 0 radical (unpaired) electrons. The van der Waals surface area contributed by atoms with Crippen molar-refractivity contribution in [2.24, 2.45) is 5.92 Å². The highest BCUT2D eigenvalue weighted by atomic mass is 79.9. The zero-order chi connectivity index (χ0) is 10.9. The maximum Gasteiger partial charge on any atom is 0.0593 e. The lowest BCUT2D eigenvalue weighted by Crippen LogP contribution is -2.24. The molecule has 3 heteroatoms. The lowest BCUT2D eigenvalue weighted by molar-refractivity contribution is 0.103. The van der Waals surface area contributed by atoms with E-state index in [1.165, 1.54) is 38.6 Å². The third-order valence-electron chi connectivity index (χ3n) is 2.84. The molecule has 1 aliphatic rings. The van der Waals surface area contributed by atoms with Crippen LogP contribution in [0.4, 0.5) is 0 Å². The van der Waals surface area contributed by atoms with E-state index >= 15 is 0 Å². The third kappa shape index (κ3) is 8.23. The molecule has 1 rings (SSSR count). The van der Waals surface area contributed by atoms with Gasteiger partial charge in [-0.3, -0.25) is 0 Å². The summed E-state index contributed by atoms with van der Waals surface area (Å²) in [4.78, 5) is 2.38. The van der Waals surface area contributed by atoms with E-state index in [9.17, 15) is 0 Å². The van der Waals surface area contributed by atoms with E-state index in [4.69, 9.17) is 4.74 Å². The van der Waals surface area contributed by atoms with Gasteiger partial charge in [0, 0.05) is 18.5 Å². The normalized spacial score (nSPS) is 16.2. The Hall–Kier alpha value is 0.400. The summed E-state index contributed by atoms with van der Waals surface area (Å²) in [6.07, 6.45) is 6.72. The van der Waals surface area contributed by atoms with Crippen LogP contribution in [0.25, 0.3) is 0 Å². The van der Waals surface area contributed by atoms with Gasteiger partial charge in [-0.15, -0.1) is 0 Å². The summed E-state index contributed by atoms with van der Waals surface area (Å²) in [6, 6.07) is 0. The fourth-order valence-electron chi connectivity index (χ4n) is 1.52. The Kier molecular flexibility index (Phi) is 7.67. The van der Waals surface area contributed by atoms with Gasteiger partial charge in [0.1, 0.15) is 0 Å². The minimum atomic E-state index is 0.897. The Balaban J connectivity index is 1.77. The van der Waals surface area contributed by atoms with Crippen molar-refractivity contribution in [1.82, 2.24) is 4.90 Å². The number of hydrogen-bond acceptors (Lipinski definition) is 2. The molecule has 0 N–H and O–H groups in total. The predicted octanol–water partition coefficient (Wildman–Crippen LogP) is 2.91. The second kappa shape index (κ2) is 8.54. The molecule has 0 saturated heterocycles. The predicted molar refractivity (Wildman–Crippen MR) is 68.7 cm³/mol. The van der Waals surface area contributed by atoms with Crippen LogP contribution in [0.5, 0.6) is 0 Å². The molecule has 1 fully saturated rings. The van der Waals surface area contributed by atoms with Gasteiger partial charge in [-0.25, -0.2) is 0 Å². The smallest absolute Gasteiger partial charge is 0.0593 e. The highest BCUT2D eigenvalue weighted by Crippen LogP contribution is 2.28. The Morgan fingerprint density at radius 3 is 2.67 bits per heavy atom. The first-order valence-electron chi connectivity index (χ1n) is 6.15. The standard InChI is InChI=1S/C12H24BrNO/c1-14(8-4-2-3-7-13)9-10-15-11-12-5-6-12/h12H,2-11H2,1H3. The van der Waals surface area contributed by atoms with E-state index in [0.717, 1.165) is 31.0 Å². The highest BCUT2D eigenvalue weighted by molar-refractivity contribution is 9.09. The Labute approximate surface area is 102 Å². The van der Waals surface area contributed by atoms with Crippen LogP contribution < -0.4 is 0 Å². The van der Waals surface area contributed by atoms with Gasteiger partial charge in [-0.2, -0.15) is 0 Å². The second-order valence-electron chi connectivity index (χ2n) is 4.57. The topological polar surface area (TPSA) is 12.5 Å². The van der Waals surface area contributed by atoms with Crippen molar-refractivity contribution < 1.29 is 4.74 Å². The van der Waals surface area contributed by atoms with Crippen molar-refractivity contribution in [2.75, 3.05) is 38.7 Å². The number of unbranched alkanes of at least 4 members (excludes halogenated alkanes) is 2. The van der Waals surface area contributed by atoms with Crippen molar-refractivity contribution in [3.63, 3.8) is 0 Å². The average Bonchev–Trinajstić information content (AvgIpc) is 3.03. The van der Waals surface area contributed by atoms with E-state index in [-0.39, 0.29) is 0 Å². The van der Waals surface area contributed by atoms with Crippen molar-refractivity contribution in [2.45, 2.75) is 32.1 Å². The first-order chi connectivity index (χ1) is 7.33. The van der Waals surface area contributed by atoms with E-state index in [1.54, 1.807) is 0 Å². The van der Waals surface area contributed by atoms with Crippen molar-refractivity contribution >= 4 is 15.9 Å². The molecule has 15 heavy (non-hydrogen) atoms. The summed E-state index contributed by atoms with van der Waals surface area (Å²) in [5.41, 5.74) is 0. The number of ether oxygens (including phenoxy) is 1. The Morgan fingerprint density at radius 2 is 2.00 bits per heavy atom. The van der Waals surface area contributed by atoms with Gasteiger partial charge >= 0.3 is 0 Å². The van der Waals surface area contributed by atoms with E-state index in [1.807, 2.05) is 0 Å². The molecule has 0 atom stereocenters. The molecule has 0 unspecified atom stereocenters. The van der Waals surface area contributed by atoms with E-state index < -0.39 is 0 Å². The molecule has 0 aromatic rings. The van der Waals surface area contributed by atoms with Gasteiger partial charge in [0.05, 0.1) is 6.61 Å². The van der Waals surface area contributed by atoms with Crippen LogP contribution in [0.15, 0.2) is 0 Å². The van der Waals surface area contributed by atoms with Gasteiger partial charge in [-0.05, 0) is 45.2 Å². The number of rotatable bonds is 10. The van der Waals surface area contributed by atoms with Crippen molar-refractivity contribution in [3.8, 4) is 0 Å². The average molecular weight is 278 g/mol. The molecule has 0 spiro atoms. The lowest BCUT2D eigenvalue weighted by atomic mass is 10.2. The molecule has 90 valence electrons. The van der Waals surface area contributed by atoms with Gasteiger partial charge < -0.3 is 9.64 Å². The summed E-state index contributed by atoms with van der Waals surface area (Å²) in [5.74, 6) is 0.897. The number of likely N-dealkylation sites (N-methyl/N-ethyl adjacent to an activating group) is 1. The zero-order valence-corrected chi connectivity index (χ0v) is 11.5. The fraction of sp³-hybridized carbons (Fsp3) is 1.00. The van der Waals surface area contributed by atoms with Gasteiger partial charge in [0.15, 0.2) is 0 Å². The molecule has 2 nitrogen and oxygen atoms in total. The van der Waals surface area contributed by atoms with Crippen LogP contribution in [-0.4, -0.2) is 43.6 Å². The number of halogens is 1. The second-order valence-corrected chi connectivity index (χ2v) is 5.36. The third-order valence-corrected chi connectivity index (χ3v) is 3.40. The summed E-state index contributed by atoms with van der Waals surface area (Å²) in [5, 5.41) is 1.14.